The molecule has 6 nitrogen and oxygen atoms in total. The molecular formula is C23H31N4O2+. The van der Waals surface area contributed by atoms with Gasteiger partial charge in [0.15, 0.2) is 13.1 Å². The molecule has 0 radical (unpaired) electrons. The maximum absolute atomic E-state index is 12.7. The minimum atomic E-state index is -0.0680. The van der Waals surface area contributed by atoms with E-state index in [2.05, 4.69) is 22.3 Å². The first-order valence-corrected chi connectivity index (χ1v) is 10.2. The number of carbonyl (C=O) groups is 2. The molecule has 1 atom stereocenters. The zero-order valence-corrected chi connectivity index (χ0v) is 17.6. The van der Waals surface area contributed by atoms with E-state index >= 15 is 0 Å². The molecule has 29 heavy (non-hydrogen) atoms. The second-order valence-corrected chi connectivity index (χ2v) is 7.83. The Labute approximate surface area is 173 Å². The van der Waals surface area contributed by atoms with Crippen LogP contribution in [0.2, 0.25) is 0 Å². The summed E-state index contributed by atoms with van der Waals surface area (Å²) in [4.78, 5) is 30.2. The van der Waals surface area contributed by atoms with Gasteiger partial charge in [0.25, 0.3) is 11.8 Å². The lowest BCUT2D eigenvalue weighted by Gasteiger charge is -2.36. The first-order chi connectivity index (χ1) is 13.9. The number of likely N-dealkylation sites (N-methyl/N-ethyl adjacent to an activating group) is 1. The van der Waals surface area contributed by atoms with E-state index in [0.717, 1.165) is 47.9 Å². The van der Waals surface area contributed by atoms with Gasteiger partial charge in [-0.05, 0) is 37.1 Å². The molecule has 0 saturated carbocycles. The number of nitrogens with zero attached hydrogens (tertiary/aromatic N) is 2. The van der Waals surface area contributed by atoms with Crippen molar-refractivity contribution in [2.24, 2.45) is 0 Å². The number of nitrogens with one attached hydrogen (secondary N) is 2. The third-order valence-electron chi connectivity index (χ3n) is 5.41. The summed E-state index contributed by atoms with van der Waals surface area (Å²) in [5.74, 6) is 0.0386. The number of piperazine rings is 1. The molecule has 2 N–H and O–H groups in total. The van der Waals surface area contributed by atoms with Crippen LogP contribution < -0.4 is 15.1 Å². The van der Waals surface area contributed by atoms with Crippen molar-refractivity contribution in [2.75, 3.05) is 56.5 Å². The van der Waals surface area contributed by atoms with Gasteiger partial charge in [-0.15, -0.1) is 0 Å². The molecule has 0 spiro atoms. The predicted octanol–water partition coefficient (Wildman–Crippen LogP) is 1.11. The van der Waals surface area contributed by atoms with Crippen molar-refractivity contribution in [1.82, 2.24) is 4.90 Å². The topological polar surface area (TPSA) is 57.1 Å². The molecule has 0 bridgehead atoms. The number of quaternary nitrogens is 1. The maximum Gasteiger partial charge on any atom is 0.279 e. The van der Waals surface area contributed by atoms with Gasteiger partial charge in [0.05, 0.1) is 7.05 Å². The second-order valence-electron chi connectivity index (χ2n) is 7.83. The van der Waals surface area contributed by atoms with Gasteiger partial charge < -0.3 is 20.0 Å². The summed E-state index contributed by atoms with van der Waals surface area (Å²) in [6.07, 6.45) is 0. The lowest BCUT2D eigenvalue weighted by Crippen LogP contribution is -3.11. The van der Waals surface area contributed by atoms with Gasteiger partial charge >= 0.3 is 0 Å². The molecule has 1 fully saturated rings. The molecule has 1 unspecified atom stereocenters. The third-order valence-corrected chi connectivity index (χ3v) is 5.41. The van der Waals surface area contributed by atoms with E-state index in [-0.39, 0.29) is 18.4 Å². The highest BCUT2D eigenvalue weighted by molar-refractivity contribution is 5.93. The van der Waals surface area contributed by atoms with Gasteiger partial charge in [-0.25, -0.2) is 0 Å². The minimum absolute atomic E-state index is 0.0680. The summed E-state index contributed by atoms with van der Waals surface area (Å²) >= 11 is 0. The zero-order valence-electron chi connectivity index (χ0n) is 17.6. The molecule has 1 aliphatic heterocycles. The Hall–Kier alpha value is -2.86. The molecule has 0 aromatic heterocycles. The van der Waals surface area contributed by atoms with Crippen LogP contribution in [0, 0.1) is 13.8 Å². The van der Waals surface area contributed by atoms with Gasteiger partial charge in [0, 0.05) is 37.6 Å². The Morgan fingerprint density at radius 2 is 1.52 bits per heavy atom. The quantitative estimate of drug-likeness (QED) is 0.770. The largest absolute Gasteiger partial charge is 0.368 e. The van der Waals surface area contributed by atoms with Gasteiger partial charge in [-0.2, -0.15) is 0 Å². The van der Waals surface area contributed by atoms with Crippen LogP contribution in [0.15, 0.2) is 48.5 Å². The number of para-hydroxylation sites is 2. The average Bonchev–Trinajstić information content (AvgIpc) is 2.71. The fraction of sp³-hybridized carbons (Fsp3) is 0.391. The summed E-state index contributed by atoms with van der Waals surface area (Å²) in [6, 6.07) is 16.2. The molecule has 2 aromatic rings. The average molecular weight is 396 g/mol. The highest BCUT2D eigenvalue weighted by Crippen LogP contribution is 2.19. The van der Waals surface area contributed by atoms with Crippen LogP contribution in [0.3, 0.4) is 0 Å². The monoisotopic (exact) mass is 395 g/mol. The Balaban J connectivity index is 1.45. The molecule has 1 saturated heterocycles. The van der Waals surface area contributed by atoms with Crippen LogP contribution in [0.25, 0.3) is 0 Å². The lowest BCUT2D eigenvalue weighted by molar-refractivity contribution is -0.862. The van der Waals surface area contributed by atoms with E-state index < -0.39 is 0 Å². The van der Waals surface area contributed by atoms with Crippen molar-refractivity contribution in [3.05, 3.63) is 59.7 Å². The van der Waals surface area contributed by atoms with E-state index in [1.165, 1.54) is 5.69 Å². The Morgan fingerprint density at radius 1 is 0.897 bits per heavy atom. The van der Waals surface area contributed by atoms with E-state index in [0.29, 0.717) is 6.54 Å². The number of aryl methyl sites for hydroxylation is 2. The number of rotatable bonds is 6. The van der Waals surface area contributed by atoms with Crippen molar-refractivity contribution >= 4 is 23.2 Å². The van der Waals surface area contributed by atoms with E-state index in [9.17, 15) is 9.59 Å². The third kappa shape index (κ3) is 5.57. The summed E-state index contributed by atoms with van der Waals surface area (Å²) in [6.45, 7) is 7.67. The van der Waals surface area contributed by atoms with Crippen LogP contribution >= 0.6 is 0 Å². The molecule has 6 heteroatoms. The van der Waals surface area contributed by atoms with Crippen LogP contribution in [-0.4, -0.2) is 63.0 Å². The molecule has 2 amide bonds. The highest BCUT2D eigenvalue weighted by Gasteiger charge is 2.24. The summed E-state index contributed by atoms with van der Waals surface area (Å²) in [5.41, 5.74) is 4.16. The van der Waals surface area contributed by atoms with Gasteiger partial charge in [-0.1, -0.05) is 36.4 Å². The first kappa shape index (κ1) is 20.9. The van der Waals surface area contributed by atoms with Gasteiger partial charge in [-0.3, -0.25) is 9.59 Å². The first-order valence-electron chi connectivity index (χ1n) is 10.2. The van der Waals surface area contributed by atoms with Crippen LogP contribution in [0.4, 0.5) is 11.4 Å². The predicted molar refractivity (Wildman–Crippen MR) is 116 cm³/mol. The van der Waals surface area contributed by atoms with E-state index in [4.69, 9.17) is 0 Å². The van der Waals surface area contributed by atoms with E-state index in [1.54, 1.807) is 0 Å². The fourth-order valence-corrected chi connectivity index (χ4v) is 3.75. The highest BCUT2D eigenvalue weighted by atomic mass is 16.2. The Morgan fingerprint density at radius 3 is 2.14 bits per heavy atom. The van der Waals surface area contributed by atoms with E-state index in [1.807, 2.05) is 62.2 Å². The number of carbonyl (C=O) groups excluding carboxylic acids is 2. The smallest absolute Gasteiger partial charge is 0.279 e. The van der Waals surface area contributed by atoms with Crippen LogP contribution in [0.1, 0.15) is 11.1 Å². The van der Waals surface area contributed by atoms with Crippen LogP contribution in [0.5, 0.6) is 0 Å². The molecule has 1 aliphatic rings. The number of hydrogen-bond acceptors (Lipinski definition) is 3. The van der Waals surface area contributed by atoms with Crippen LogP contribution in [-0.2, 0) is 9.59 Å². The summed E-state index contributed by atoms with van der Waals surface area (Å²) in [7, 11) is 1.89. The SMILES string of the molecule is Cc1cccc(C)c1NC(=O)C[NH+](C)CC(=O)N1CCN(c2ccccc2)CC1. The minimum Gasteiger partial charge on any atom is -0.368 e. The molecule has 2 aromatic carbocycles. The zero-order chi connectivity index (χ0) is 20.8. The molecule has 3 rings (SSSR count). The molecule has 1 heterocycles. The second kappa shape index (κ2) is 9.56. The van der Waals surface area contributed by atoms with Crippen molar-refractivity contribution in [3.8, 4) is 0 Å². The summed E-state index contributed by atoms with van der Waals surface area (Å²) < 4.78 is 0. The summed E-state index contributed by atoms with van der Waals surface area (Å²) in [5, 5.41) is 2.99. The Bertz CT molecular complexity index is 825. The number of anilines is 2. The molecule has 0 aliphatic carbocycles. The van der Waals surface area contributed by atoms with Crippen molar-refractivity contribution < 1.29 is 14.5 Å². The van der Waals surface area contributed by atoms with Gasteiger partial charge in [0.2, 0.25) is 0 Å². The van der Waals surface area contributed by atoms with Crippen molar-refractivity contribution in [3.63, 3.8) is 0 Å². The molecule has 154 valence electrons. The number of benzene rings is 2. The van der Waals surface area contributed by atoms with Crippen molar-refractivity contribution in [2.45, 2.75) is 13.8 Å². The fourth-order valence-electron chi connectivity index (χ4n) is 3.75. The maximum atomic E-state index is 12.7. The normalized spacial score (nSPS) is 15.1. The number of amides is 2. The molecular weight excluding hydrogens is 364 g/mol. The lowest BCUT2D eigenvalue weighted by atomic mass is 10.1. The van der Waals surface area contributed by atoms with Gasteiger partial charge in [0.1, 0.15) is 0 Å². The Kier molecular flexibility index (Phi) is 6.88. The van der Waals surface area contributed by atoms with Crippen molar-refractivity contribution in [1.29, 1.82) is 0 Å². The number of hydrogen-bond donors (Lipinski definition) is 2. The standard InChI is InChI=1S/C23H30N4O2/c1-18-8-7-9-19(2)23(18)24-21(28)16-25(3)17-22(29)27-14-12-26(13-15-27)20-10-5-4-6-11-20/h4-11H,12-17H2,1-3H3,(H,24,28)/p+1.